The van der Waals surface area contributed by atoms with Crippen molar-refractivity contribution >= 4 is 33.3 Å². The maximum atomic E-state index is 12.8. The quantitative estimate of drug-likeness (QED) is 0.692. The SMILES string of the molecule is O=C(c1ccc(C2CC2)cc1)c1cc(Br)c2c(c1Cl)OCC2. The van der Waals surface area contributed by atoms with Crippen LogP contribution in [-0.4, -0.2) is 12.4 Å². The van der Waals surface area contributed by atoms with Crippen molar-refractivity contribution in [3.05, 3.63) is 62.1 Å². The smallest absolute Gasteiger partial charge is 0.194 e. The van der Waals surface area contributed by atoms with E-state index in [0.29, 0.717) is 34.4 Å². The minimum absolute atomic E-state index is 0.0636. The first-order valence-electron chi connectivity index (χ1n) is 7.43. The predicted octanol–water partition coefficient (Wildman–Crippen LogP) is 5.15. The first-order valence-corrected chi connectivity index (χ1v) is 8.60. The molecule has 0 amide bonds. The van der Waals surface area contributed by atoms with E-state index < -0.39 is 0 Å². The highest BCUT2D eigenvalue weighted by atomic mass is 79.9. The van der Waals surface area contributed by atoms with Crippen LogP contribution in [0.2, 0.25) is 5.02 Å². The molecule has 1 aliphatic heterocycles. The third-order valence-corrected chi connectivity index (χ3v) is 5.42. The standard InChI is InChI=1S/C18H14BrClO2/c19-15-9-14(16(20)18-13(15)7-8-22-18)17(21)12-5-3-11(4-6-12)10-1-2-10/h3-6,9-10H,1-2,7-8H2. The summed E-state index contributed by atoms with van der Waals surface area (Å²) in [5.41, 5.74) is 3.52. The first kappa shape index (κ1) is 14.3. The highest BCUT2D eigenvalue weighted by Crippen LogP contribution is 2.42. The summed E-state index contributed by atoms with van der Waals surface area (Å²) in [4.78, 5) is 12.8. The molecule has 0 atom stereocenters. The Morgan fingerprint density at radius 1 is 1.23 bits per heavy atom. The molecule has 0 N–H and O–H groups in total. The fourth-order valence-electron chi connectivity index (χ4n) is 2.92. The summed E-state index contributed by atoms with van der Waals surface area (Å²) in [5.74, 6) is 1.27. The third kappa shape index (κ3) is 2.37. The van der Waals surface area contributed by atoms with Crippen molar-refractivity contribution < 1.29 is 9.53 Å². The van der Waals surface area contributed by atoms with Gasteiger partial charge in [-0.2, -0.15) is 0 Å². The highest BCUT2D eigenvalue weighted by Gasteiger charge is 2.26. The fraction of sp³-hybridized carbons (Fsp3) is 0.278. The Bertz CT molecular complexity index is 764. The second kappa shape index (κ2) is 5.39. The van der Waals surface area contributed by atoms with E-state index >= 15 is 0 Å². The predicted molar refractivity (Wildman–Crippen MR) is 90.2 cm³/mol. The van der Waals surface area contributed by atoms with Gasteiger partial charge in [-0.15, -0.1) is 0 Å². The van der Waals surface area contributed by atoms with Crippen LogP contribution in [0.5, 0.6) is 5.75 Å². The molecule has 0 aromatic heterocycles. The minimum Gasteiger partial charge on any atom is -0.491 e. The number of carbonyl (C=O) groups excluding carboxylic acids is 1. The van der Waals surface area contributed by atoms with E-state index in [9.17, 15) is 4.79 Å². The van der Waals surface area contributed by atoms with Crippen molar-refractivity contribution in [2.24, 2.45) is 0 Å². The van der Waals surface area contributed by atoms with E-state index in [0.717, 1.165) is 16.5 Å². The van der Waals surface area contributed by atoms with Gasteiger partial charge >= 0.3 is 0 Å². The van der Waals surface area contributed by atoms with Crippen LogP contribution < -0.4 is 4.74 Å². The lowest BCUT2D eigenvalue weighted by atomic mass is 9.99. The molecule has 2 nitrogen and oxygen atoms in total. The Hall–Kier alpha value is -1.32. The van der Waals surface area contributed by atoms with Gasteiger partial charge in [0.05, 0.1) is 11.6 Å². The van der Waals surface area contributed by atoms with Gasteiger partial charge in [0.2, 0.25) is 0 Å². The van der Waals surface area contributed by atoms with Gasteiger partial charge in [-0.05, 0) is 30.4 Å². The summed E-state index contributed by atoms with van der Waals surface area (Å²) < 4.78 is 6.47. The first-order chi connectivity index (χ1) is 10.6. The average molecular weight is 378 g/mol. The summed E-state index contributed by atoms with van der Waals surface area (Å²) in [5, 5.41) is 0.423. The van der Waals surface area contributed by atoms with Gasteiger partial charge in [0.25, 0.3) is 0 Å². The maximum Gasteiger partial charge on any atom is 0.194 e. The Balaban J connectivity index is 1.72. The van der Waals surface area contributed by atoms with Crippen molar-refractivity contribution in [2.75, 3.05) is 6.61 Å². The monoisotopic (exact) mass is 376 g/mol. The summed E-state index contributed by atoms with van der Waals surface area (Å²) in [6, 6.07) is 9.71. The van der Waals surface area contributed by atoms with Gasteiger partial charge < -0.3 is 4.74 Å². The van der Waals surface area contributed by atoms with Crippen LogP contribution in [0.3, 0.4) is 0 Å². The molecule has 0 saturated heterocycles. The fourth-order valence-corrected chi connectivity index (χ4v) is 3.84. The van der Waals surface area contributed by atoms with Crippen LogP contribution in [-0.2, 0) is 6.42 Å². The summed E-state index contributed by atoms with van der Waals surface area (Å²) in [6.07, 6.45) is 3.34. The number of hydrogen-bond donors (Lipinski definition) is 0. The van der Waals surface area contributed by atoms with Crippen molar-refractivity contribution in [2.45, 2.75) is 25.2 Å². The van der Waals surface area contributed by atoms with E-state index in [1.54, 1.807) is 0 Å². The zero-order valence-corrected chi connectivity index (χ0v) is 14.2. The maximum absolute atomic E-state index is 12.8. The zero-order chi connectivity index (χ0) is 15.3. The second-order valence-electron chi connectivity index (χ2n) is 5.85. The topological polar surface area (TPSA) is 26.3 Å². The second-order valence-corrected chi connectivity index (χ2v) is 7.08. The van der Waals surface area contributed by atoms with Crippen LogP contribution in [0.25, 0.3) is 0 Å². The number of halogens is 2. The number of benzene rings is 2. The van der Waals surface area contributed by atoms with Crippen LogP contribution in [0.4, 0.5) is 0 Å². The normalized spacial score (nSPS) is 16.3. The molecule has 1 fully saturated rings. The van der Waals surface area contributed by atoms with Crippen LogP contribution in [0, 0.1) is 0 Å². The lowest BCUT2D eigenvalue weighted by Crippen LogP contribution is -2.04. The van der Waals surface area contributed by atoms with Crippen LogP contribution in [0.15, 0.2) is 34.8 Å². The molecule has 4 heteroatoms. The molecule has 0 bridgehead atoms. The van der Waals surface area contributed by atoms with Crippen molar-refractivity contribution in [3.8, 4) is 5.75 Å². The minimum atomic E-state index is -0.0636. The summed E-state index contributed by atoms with van der Waals surface area (Å²) in [6.45, 7) is 0.612. The molecule has 0 spiro atoms. The molecule has 112 valence electrons. The summed E-state index contributed by atoms with van der Waals surface area (Å²) >= 11 is 9.92. The van der Waals surface area contributed by atoms with Gasteiger partial charge in [0.15, 0.2) is 5.78 Å². The highest BCUT2D eigenvalue weighted by molar-refractivity contribution is 9.10. The Labute approximate surface area is 142 Å². The lowest BCUT2D eigenvalue weighted by Gasteiger charge is -2.10. The van der Waals surface area contributed by atoms with Crippen molar-refractivity contribution in [3.63, 3.8) is 0 Å². The largest absolute Gasteiger partial charge is 0.491 e. The molecule has 1 saturated carbocycles. The van der Waals surface area contributed by atoms with Crippen molar-refractivity contribution in [1.82, 2.24) is 0 Å². The average Bonchev–Trinajstić information content (AvgIpc) is 3.26. The van der Waals surface area contributed by atoms with Gasteiger partial charge in [-0.3, -0.25) is 4.79 Å². The molecule has 0 unspecified atom stereocenters. The third-order valence-electron chi connectivity index (χ3n) is 4.33. The van der Waals surface area contributed by atoms with Gasteiger partial charge in [-0.1, -0.05) is 51.8 Å². The number of carbonyl (C=O) groups is 1. The lowest BCUT2D eigenvalue weighted by molar-refractivity contribution is 0.103. The Morgan fingerprint density at radius 2 is 1.95 bits per heavy atom. The Kier molecular flexibility index (Phi) is 3.50. The van der Waals surface area contributed by atoms with Crippen LogP contribution >= 0.6 is 27.5 Å². The number of ether oxygens (including phenoxy) is 1. The van der Waals surface area contributed by atoms with Gasteiger partial charge in [0, 0.05) is 27.6 Å². The molecular formula is C18H14BrClO2. The molecule has 1 heterocycles. The molecule has 2 aromatic rings. The number of rotatable bonds is 3. The molecule has 4 rings (SSSR count). The zero-order valence-electron chi connectivity index (χ0n) is 11.9. The molecule has 22 heavy (non-hydrogen) atoms. The van der Waals surface area contributed by atoms with Crippen molar-refractivity contribution in [1.29, 1.82) is 0 Å². The number of fused-ring (bicyclic) bond motifs is 1. The molecule has 2 aromatic carbocycles. The number of hydrogen-bond acceptors (Lipinski definition) is 2. The summed E-state index contributed by atoms with van der Waals surface area (Å²) in [7, 11) is 0. The molecule has 1 aliphatic carbocycles. The molecule has 0 radical (unpaired) electrons. The van der Waals surface area contributed by atoms with Gasteiger partial charge in [0.1, 0.15) is 5.75 Å². The van der Waals surface area contributed by atoms with E-state index in [-0.39, 0.29) is 5.78 Å². The van der Waals surface area contributed by atoms with E-state index in [2.05, 4.69) is 28.1 Å². The van der Waals surface area contributed by atoms with E-state index in [4.69, 9.17) is 16.3 Å². The Morgan fingerprint density at radius 3 is 2.64 bits per heavy atom. The van der Waals surface area contributed by atoms with Crippen LogP contribution in [0.1, 0.15) is 45.8 Å². The van der Waals surface area contributed by atoms with Gasteiger partial charge in [-0.25, -0.2) is 0 Å². The molecular weight excluding hydrogens is 364 g/mol. The van der Waals surface area contributed by atoms with E-state index in [1.165, 1.54) is 18.4 Å². The number of ketones is 1. The van der Waals surface area contributed by atoms with E-state index in [1.807, 2.05) is 18.2 Å². The molecule has 2 aliphatic rings.